The Bertz CT molecular complexity index is 688. The van der Waals surface area contributed by atoms with Crippen molar-refractivity contribution >= 4 is 5.69 Å². The molecule has 1 fully saturated rings. The Labute approximate surface area is 123 Å². The molecule has 1 heterocycles. The highest BCUT2D eigenvalue weighted by Crippen LogP contribution is 2.29. The molecular weight excluding hydrogens is 265 g/mol. The number of hydrogen-bond acceptors (Lipinski definition) is 3. The fraction of sp³-hybridized carbons (Fsp3) is 0.235. The van der Waals surface area contributed by atoms with E-state index in [4.69, 9.17) is 5.73 Å². The van der Waals surface area contributed by atoms with Gasteiger partial charge in [-0.15, -0.1) is 0 Å². The number of halogens is 1. The summed E-state index contributed by atoms with van der Waals surface area (Å²) in [4.78, 5) is 2.15. The van der Waals surface area contributed by atoms with Crippen LogP contribution in [0, 0.1) is 17.1 Å². The van der Waals surface area contributed by atoms with E-state index in [0.717, 1.165) is 36.3 Å². The zero-order valence-electron chi connectivity index (χ0n) is 11.6. The Balaban J connectivity index is 1.96. The van der Waals surface area contributed by atoms with Gasteiger partial charge < -0.3 is 10.6 Å². The number of nitrogens with two attached hydrogens (primary N) is 1. The maximum Gasteiger partial charge on any atom is 0.123 e. The average molecular weight is 281 g/mol. The van der Waals surface area contributed by atoms with Crippen molar-refractivity contribution in [2.75, 3.05) is 18.0 Å². The lowest BCUT2D eigenvalue weighted by atomic mass is 10.0. The van der Waals surface area contributed by atoms with Crippen LogP contribution in [0.25, 0.3) is 11.1 Å². The summed E-state index contributed by atoms with van der Waals surface area (Å²) in [5, 5.41) is 9.39. The van der Waals surface area contributed by atoms with E-state index in [2.05, 4.69) is 11.0 Å². The van der Waals surface area contributed by atoms with Crippen LogP contribution in [0.4, 0.5) is 10.1 Å². The summed E-state index contributed by atoms with van der Waals surface area (Å²) in [6.07, 6.45) is 0.949. The molecule has 0 bridgehead atoms. The van der Waals surface area contributed by atoms with Crippen LogP contribution in [-0.4, -0.2) is 19.1 Å². The van der Waals surface area contributed by atoms with Gasteiger partial charge in [0.05, 0.1) is 11.3 Å². The Morgan fingerprint density at radius 1 is 1.14 bits per heavy atom. The van der Waals surface area contributed by atoms with Gasteiger partial charge in [0, 0.05) is 19.1 Å². The lowest BCUT2D eigenvalue weighted by Crippen LogP contribution is -2.26. The lowest BCUT2D eigenvalue weighted by molar-refractivity contribution is 0.628. The maximum atomic E-state index is 13.0. The number of benzene rings is 2. The molecule has 1 aliphatic heterocycles. The molecule has 3 rings (SSSR count). The van der Waals surface area contributed by atoms with E-state index < -0.39 is 0 Å². The fourth-order valence-corrected chi connectivity index (χ4v) is 2.73. The predicted molar refractivity (Wildman–Crippen MR) is 81.4 cm³/mol. The number of anilines is 1. The van der Waals surface area contributed by atoms with Crippen LogP contribution < -0.4 is 10.6 Å². The first-order chi connectivity index (χ1) is 10.2. The molecule has 1 aliphatic rings. The molecule has 0 spiro atoms. The van der Waals surface area contributed by atoms with Crippen molar-refractivity contribution in [2.45, 2.75) is 12.5 Å². The van der Waals surface area contributed by atoms with E-state index in [1.165, 1.54) is 12.1 Å². The van der Waals surface area contributed by atoms with Gasteiger partial charge in [0.15, 0.2) is 0 Å². The first-order valence-electron chi connectivity index (χ1n) is 6.98. The SMILES string of the molecule is N#Cc1cc(-c2ccc(F)cc2)ccc1N1CCC(N)C1. The standard InChI is InChI=1S/C17H16FN3/c18-15-4-1-12(2-5-15)13-3-6-17(14(9-13)10-19)21-8-7-16(20)11-21/h1-6,9,16H,7-8,11,20H2. The Hall–Kier alpha value is -2.38. The summed E-state index contributed by atoms with van der Waals surface area (Å²) in [5.41, 5.74) is 9.30. The largest absolute Gasteiger partial charge is 0.369 e. The second-order valence-corrected chi connectivity index (χ2v) is 5.35. The van der Waals surface area contributed by atoms with Crippen LogP contribution in [0.3, 0.4) is 0 Å². The van der Waals surface area contributed by atoms with Crippen LogP contribution in [0.1, 0.15) is 12.0 Å². The van der Waals surface area contributed by atoms with Gasteiger partial charge in [-0.1, -0.05) is 18.2 Å². The molecule has 0 saturated carbocycles. The van der Waals surface area contributed by atoms with Crippen molar-refractivity contribution < 1.29 is 4.39 Å². The molecule has 0 amide bonds. The quantitative estimate of drug-likeness (QED) is 0.921. The lowest BCUT2D eigenvalue weighted by Gasteiger charge is -2.20. The van der Waals surface area contributed by atoms with Crippen LogP contribution in [0.2, 0.25) is 0 Å². The molecule has 2 N–H and O–H groups in total. The molecule has 1 saturated heterocycles. The van der Waals surface area contributed by atoms with Crippen LogP contribution in [-0.2, 0) is 0 Å². The molecule has 1 unspecified atom stereocenters. The van der Waals surface area contributed by atoms with Gasteiger partial charge in [0.1, 0.15) is 11.9 Å². The topological polar surface area (TPSA) is 53.0 Å². The van der Waals surface area contributed by atoms with E-state index in [1.54, 1.807) is 12.1 Å². The summed E-state index contributed by atoms with van der Waals surface area (Å²) >= 11 is 0. The maximum absolute atomic E-state index is 13.0. The van der Waals surface area contributed by atoms with E-state index in [0.29, 0.717) is 5.56 Å². The molecule has 4 heteroatoms. The summed E-state index contributed by atoms with van der Waals surface area (Å²) in [6.45, 7) is 1.66. The van der Waals surface area contributed by atoms with Gasteiger partial charge in [-0.25, -0.2) is 4.39 Å². The average Bonchev–Trinajstić information content (AvgIpc) is 2.94. The molecule has 0 aliphatic carbocycles. The molecule has 0 radical (unpaired) electrons. The van der Waals surface area contributed by atoms with Gasteiger partial charge in [-0.3, -0.25) is 0 Å². The third-order valence-corrected chi connectivity index (χ3v) is 3.86. The molecule has 2 aromatic rings. The summed E-state index contributed by atoms with van der Waals surface area (Å²) < 4.78 is 13.0. The van der Waals surface area contributed by atoms with E-state index in [9.17, 15) is 9.65 Å². The summed E-state index contributed by atoms with van der Waals surface area (Å²) in [7, 11) is 0. The molecule has 0 aromatic heterocycles. The van der Waals surface area contributed by atoms with Gasteiger partial charge in [-0.2, -0.15) is 5.26 Å². The van der Waals surface area contributed by atoms with Gasteiger partial charge in [-0.05, 0) is 41.8 Å². The normalized spacial score (nSPS) is 17.8. The first kappa shape index (κ1) is 13.6. The highest BCUT2D eigenvalue weighted by atomic mass is 19.1. The van der Waals surface area contributed by atoms with Gasteiger partial charge in [0.2, 0.25) is 0 Å². The zero-order valence-corrected chi connectivity index (χ0v) is 11.6. The number of nitriles is 1. The fourth-order valence-electron chi connectivity index (χ4n) is 2.73. The van der Waals surface area contributed by atoms with Crippen molar-refractivity contribution in [2.24, 2.45) is 5.73 Å². The third kappa shape index (κ3) is 2.74. The molecule has 21 heavy (non-hydrogen) atoms. The van der Waals surface area contributed by atoms with E-state index in [1.807, 2.05) is 18.2 Å². The van der Waals surface area contributed by atoms with Gasteiger partial charge >= 0.3 is 0 Å². The smallest absolute Gasteiger partial charge is 0.123 e. The number of rotatable bonds is 2. The first-order valence-corrected chi connectivity index (χ1v) is 6.98. The second kappa shape index (κ2) is 5.55. The van der Waals surface area contributed by atoms with Crippen LogP contribution >= 0.6 is 0 Å². The third-order valence-electron chi connectivity index (χ3n) is 3.86. The highest BCUT2D eigenvalue weighted by Gasteiger charge is 2.21. The Kier molecular flexibility index (Phi) is 3.59. The Morgan fingerprint density at radius 2 is 1.86 bits per heavy atom. The predicted octanol–water partition coefficient (Wildman–Crippen LogP) is 2.90. The molecule has 1 atom stereocenters. The minimum absolute atomic E-state index is 0.174. The van der Waals surface area contributed by atoms with E-state index in [-0.39, 0.29) is 11.9 Å². The number of nitrogens with zero attached hydrogens (tertiary/aromatic N) is 2. The van der Waals surface area contributed by atoms with Crippen molar-refractivity contribution in [1.29, 1.82) is 5.26 Å². The van der Waals surface area contributed by atoms with E-state index >= 15 is 0 Å². The van der Waals surface area contributed by atoms with Crippen molar-refractivity contribution in [1.82, 2.24) is 0 Å². The summed E-state index contributed by atoms with van der Waals surface area (Å²) in [5.74, 6) is -0.262. The molecule has 3 nitrogen and oxygen atoms in total. The highest BCUT2D eigenvalue weighted by molar-refractivity contribution is 5.71. The molecule has 2 aromatic carbocycles. The van der Waals surface area contributed by atoms with Crippen LogP contribution in [0.15, 0.2) is 42.5 Å². The molecular formula is C17H16FN3. The summed E-state index contributed by atoms with van der Waals surface area (Å²) in [6, 6.07) is 14.5. The molecule has 106 valence electrons. The second-order valence-electron chi connectivity index (χ2n) is 5.35. The van der Waals surface area contributed by atoms with Gasteiger partial charge in [0.25, 0.3) is 0 Å². The number of hydrogen-bond donors (Lipinski definition) is 1. The Morgan fingerprint density at radius 3 is 2.48 bits per heavy atom. The minimum Gasteiger partial charge on any atom is -0.369 e. The van der Waals surface area contributed by atoms with Crippen molar-refractivity contribution in [3.63, 3.8) is 0 Å². The minimum atomic E-state index is -0.262. The van der Waals surface area contributed by atoms with Crippen LogP contribution in [0.5, 0.6) is 0 Å². The monoisotopic (exact) mass is 281 g/mol. The van der Waals surface area contributed by atoms with Crippen molar-refractivity contribution in [3.8, 4) is 17.2 Å². The van der Waals surface area contributed by atoms with Crippen molar-refractivity contribution in [3.05, 3.63) is 53.8 Å². The zero-order chi connectivity index (χ0) is 14.8.